The van der Waals surface area contributed by atoms with Gasteiger partial charge in [-0.2, -0.15) is 0 Å². The van der Waals surface area contributed by atoms with Gasteiger partial charge in [0, 0.05) is 25.4 Å². The Hall–Kier alpha value is -3.72. The minimum Gasteiger partial charge on any atom is -0.495 e. The third-order valence-electron chi connectivity index (χ3n) is 6.25. The van der Waals surface area contributed by atoms with Gasteiger partial charge in [-0.25, -0.2) is 8.78 Å². The normalized spacial score (nSPS) is 23.8. The average molecular weight is 527 g/mol. The summed E-state index contributed by atoms with van der Waals surface area (Å²) in [4.78, 5) is 13.4. The number of piperidine rings is 1. The lowest BCUT2D eigenvalue weighted by Gasteiger charge is -2.40. The maximum atomic E-state index is 15.0. The molecule has 9 heteroatoms. The van der Waals surface area contributed by atoms with Crippen molar-refractivity contribution in [1.29, 1.82) is 0 Å². The number of aliphatic imine (C=N–C) groups is 1. The van der Waals surface area contributed by atoms with E-state index in [4.69, 9.17) is 9.57 Å². The van der Waals surface area contributed by atoms with E-state index in [9.17, 15) is 13.9 Å². The predicted molar refractivity (Wildman–Crippen MR) is 150 cm³/mol. The Bertz CT molecular complexity index is 1190. The Morgan fingerprint density at radius 3 is 2.84 bits per heavy atom. The molecule has 2 heterocycles. The van der Waals surface area contributed by atoms with Crippen molar-refractivity contribution >= 4 is 23.9 Å². The molecule has 0 bridgehead atoms. The first kappa shape index (κ1) is 28.8. The van der Waals surface area contributed by atoms with E-state index in [1.807, 2.05) is 62.2 Å². The number of halogens is 2. The van der Waals surface area contributed by atoms with Crippen molar-refractivity contribution in [2.24, 2.45) is 10.1 Å². The number of oxime groups is 1. The molecule has 1 fully saturated rings. The maximum absolute atomic E-state index is 15.0. The Morgan fingerprint density at radius 1 is 1.37 bits per heavy atom. The van der Waals surface area contributed by atoms with Crippen LogP contribution in [0.25, 0.3) is 6.08 Å². The topological polar surface area (TPSA) is 69.9 Å². The van der Waals surface area contributed by atoms with Crippen LogP contribution in [0.3, 0.4) is 0 Å². The van der Waals surface area contributed by atoms with Gasteiger partial charge in [-0.15, -0.1) is 0 Å². The second kappa shape index (κ2) is 13.2. The van der Waals surface area contributed by atoms with Crippen LogP contribution in [0.15, 0.2) is 81.9 Å². The highest BCUT2D eigenvalue weighted by molar-refractivity contribution is 6.04. The zero-order chi connectivity index (χ0) is 27.7. The number of aliphatic hydroxyl groups is 1. The van der Waals surface area contributed by atoms with Crippen LogP contribution >= 0.6 is 0 Å². The number of hydrogen-bond donors (Lipinski definition) is 1. The molecule has 38 heavy (non-hydrogen) atoms. The molecule has 3 aliphatic rings. The van der Waals surface area contributed by atoms with E-state index in [-0.39, 0.29) is 5.57 Å². The van der Waals surface area contributed by atoms with Gasteiger partial charge >= 0.3 is 0 Å². The van der Waals surface area contributed by atoms with Crippen LogP contribution in [0.5, 0.6) is 5.75 Å². The van der Waals surface area contributed by atoms with Crippen molar-refractivity contribution in [3.05, 3.63) is 77.3 Å². The number of ether oxygens (including phenoxy) is 1. The Morgan fingerprint density at radius 2 is 2.16 bits per heavy atom. The smallest absolute Gasteiger partial charge is 0.259 e. The first-order valence-electron chi connectivity index (χ1n) is 12.7. The minimum absolute atomic E-state index is 0.0276. The number of benzene rings is 1. The Kier molecular flexibility index (Phi) is 10.0. The largest absolute Gasteiger partial charge is 0.495 e. The lowest BCUT2D eigenvalue weighted by atomic mass is 9.92. The molecule has 2 unspecified atom stereocenters. The van der Waals surface area contributed by atoms with Gasteiger partial charge in [0.05, 0.1) is 19.1 Å². The molecular weight excluding hydrogens is 490 g/mol. The molecule has 1 aromatic rings. The molecule has 0 amide bonds. The Labute approximate surface area is 223 Å². The van der Waals surface area contributed by atoms with Crippen molar-refractivity contribution in [3.63, 3.8) is 0 Å². The van der Waals surface area contributed by atoms with Crippen molar-refractivity contribution in [1.82, 2.24) is 4.90 Å². The molecular formula is C29H36F2N4O3. The second-order valence-corrected chi connectivity index (χ2v) is 8.51. The maximum Gasteiger partial charge on any atom is 0.259 e. The van der Waals surface area contributed by atoms with Crippen molar-refractivity contribution in [2.45, 2.75) is 45.5 Å². The number of rotatable bonds is 7. The summed E-state index contributed by atoms with van der Waals surface area (Å²) in [7, 11) is 3.31. The van der Waals surface area contributed by atoms with Gasteiger partial charge in [0.1, 0.15) is 24.4 Å². The number of amidine groups is 1. The van der Waals surface area contributed by atoms with Crippen molar-refractivity contribution in [3.8, 4) is 5.75 Å². The van der Waals surface area contributed by atoms with Crippen LogP contribution in [0.4, 0.5) is 14.5 Å². The average Bonchev–Trinajstić information content (AvgIpc) is 3.24. The molecule has 1 N–H and O–H groups in total. The molecule has 204 valence electrons. The zero-order valence-electron chi connectivity index (χ0n) is 22.6. The summed E-state index contributed by atoms with van der Waals surface area (Å²) in [6, 6.07) is 5.80. The molecule has 1 aromatic carbocycles. The lowest BCUT2D eigenvalue weighted by Crippen LogP contribution is -2.56. The van der Waals surface area contributed by atoms with Crippen LogP contribution in [0.1, 0.15) is 39.2 Å². The standard InChI is InChI=1S/C27H30F2N4O3.C2H6/c1-4-12-32(18-30-2)24-11-10-19(15-25(24)35-3)14-20-7-6-13-33-26(20)31-36-27(33,17-34)22-16-21(28)8-5-9-23(22)29;1-2/h4-5,8-12,14-16,18,23,34H,6-7,13,17H2,1-3H3;1-2H3/b12-4+,20-14+,30-18?;. The highest BCUT2D eigenvalue weighted by atomic mass is 19.1. The first-order valence-corrected chi connectivity index (χ1v) is 12.7. The fourth-order valence-corrected chi connectivity index (χ4v) is 4.61. The quantitative estimate of drug-likeness (QED) is 0.353. The molecule has 1 aliphatic carbocycles. The number of allylic oxidation sites excluding steroid dienone is 6. The van der Waals surface area contributed by atoms with E-state index in [0.29, 0.717) is 24.6 Å². The number of aliphatic hydroxyl groups excluding tert-OH is 1. The Balaban J connectivity index is 0.00000195. The molecule has 0 saturated carbocycles. The van der Waals surface area contributed by atoms with Gasteiger partial charge in [0.25, 0.3) is 5.72 Å². The molecule has 2 atom stereocenters. The molecule has 2 aliphatic heterocycles. The van der Waals surface area contributed by atoms with Gasteiger partial charge in [-0.3, -0.25) is 4.99 Å². The molecule has 1 saturated heterocycles. The number of methoxy groups -OCH3 is 1. The molecule has 0 spiro atoms. The van der Waals surface area contributed by atoms with Crippen molar-refractivity contribution < 1.29 is 23.5 Å². The predicted octanol–water partition coefficient (Wildman–Crippen LogP) is 5.92. The lowest BCUT2D eigenvalue weighted by molar-refractivity contribution is -0.107. The minimum atomic E-state index is -1.63. The zero-order valence-corrected chi connectivity index (χ0v) is 22.6. The van der Waals surface area contributed by atoms with Crippen LogP contribution in [-0.4, -0.2) is 61.4 Å². The number of fused-ring (bicyclic) bond motifs is 1. The highest BCUT2D eigenvalue weighted by Gasteiger charge is 2.52. The van der Waals surface area contributed by atoms with Crippen LogP contribution in [-0.2, 0) is 4.84 Å². The summed E-state index contributed by atoms with van der Waals surface area (Å²) >= 11 is 0. The summed E-state index contributed by atoms with van der Waals surface area (Å²) in [6.07, 6.45) is 12.1. The fraction of sp³-hybridized carbons (Fsp3) is 0.379. The van der Waals surface area contributed by atoms with Crippen LogP contribution in [0, 0.1) is 0 Å². The summed E-state index contributed by atoms with van der Waals surface area (Å²) in [5.41, 5.74) is 0.928. The van der Waals surface area contributed by atoms with Crippen molar-refractivity contribution in [2.75, 3.05) is 32.2 Å². The summed E-state index contributed by atoms with van der Waals surface area (Å²) in [6.45, 7) is 5.82. The monoisotopic (exact) mass is 526 g/mol. The van der Waals surface area contributed by atoms with E-state index in [1.165, 1.54) is 18.2 Å². The van der Waals surface area contributed by atoms with Gasteiger partial charge in [0.15, 0.2) is 5.84 Å². The van der Waals surface area contributed by atoms with Crippen LogP contribution < -0.4 is 9.64 Å². The third kappa shape index (κ3) is 5.72. The SMILES string of the molecule is C/C=C/N(C=NC)c1ccc(/C=C2\CCCN3C2=NOC3(CO)C2=CC(F)=CC=CC2F)cc1OC.CC. The second-order valence-electron chi connectivity index (χ2n) is 8.51. The number of nitrogens with zero attached hydrogens (tertiary/aromatic N) is 4. The molecule has 0 radical (unpaired) electrons. The van der Waals surface area contributed by atoms with E-state index in [0.717, 1.165) is 29.3 Å². The summed E-state index contributed by atoms with van der Waals surface area (Å²) in [5.74, 6) is 0.534. The molecule has 7 nitrogen and oxygen atoms in total. The first-order chi connectivity index (χ1) is 18.5. The van der Waals surface area contributed by atoms with Gasteiger partial charge in [-0.05, 0) is 67.3 Å². The van der Waals surface area contributed by atoms with Crippen LogP contribution in [0.2, 0.25) is 0 Å². The number of anilines is 1. The molecule has 4 rings (SSSR count). The fourth-order valence-electron chi connectivity index (χ4n) is 4.61. The van der Waals surface area contributed by atoms with E-state index < -0.39 is 24.3 Å². The third-order valence-corrected chi connectivity index (χ3v) is 6.25. The van der Waals surface area contributed by atoms with E-state index in [1.54, 1.807) is 25.4 Å². The number of alkyl halides is 1. The summed E-state index contributed by atoms with van der Waals surface area (Å²) < 4.78 is 34.8. The van der Waals surface area contributed by atoms with Gasteiger partial charge in [0.2, 0.25) is 0 Å². The van der Waals surface area contributed by atoms with E-state index in [2.05, 4.69) is 10.1 Å². The van der Waals surface area contributed by atoms with E-state index >= 15 is 0 Å². The highest BCUT2D eigenvalue weighted by Crippen LogP contribution is 2.41. The number of hydrogen-bond acceptors (Lipinski definition) is 6. The summed E-state index contributed by atoms with van der Waals surface area (Å²) in [5, 5.41) is 14.6. The molecule has 0 aromatic heterocycles. The van der Waals surface area contributed by atoms with Gasteiger partial charge < -0.3 is 24.5 Å². The van der Waals surface area contributed by atoms with Gasteiger partial charge in [-0.1, -0.05) is 37.2 Å².